The summed E-state index contributed by atoms with van der Waals surface area (Å²) in [6, 6.07) is 3.86. The maximum absolute atomic E-state index is 14.9. The van der Waals surface area contributed by atoms with Crippen molar-refractivity contribution in [1.82, 2.24) is 9.80 Å². The second-order valence-corrected chi connectivity index (χ2v) is 18.0. The van der Waals surface area contributed by atoms with Gasteiger partial charge in [0.15, 0.2) is 0 Å². The zero-order chi connectivity index (χ0) is 42.1. The molecule has 2 heterocycles. The lowest BCUT2D eigenvalue weighted by Gasteiger charge is -2.37. The van der Waals surface area contributed by atoms with Crippen LogP contribution < -0.4 is 9.47 Å². The van der Waals surface area contributed by atoms with E-state index in [1.54, 1.807) is 6.07 Å². The first-order chi connectivity index (χ1) is 28.1. The van der Waals surface area contributed by atoms with Crippen LogP contribution in [0.1, 0.15) is 160 Å². The molecule has 10 nitrogen and oxygen atoms in total. The molecule has 2 N–H and O–H groups in total. The van der Waals surface area contributed by atoms with Gasteiger partial charge in [-0.3, -0.25) is 9.59 Å². The Hall–Kier alpha value is -4.36. The Morgan fingerprint density at radius 2 is 1.10 bits per heavy atom. The van der Waals surface area contributed by atoms with E-state index in [0.717, 1.165) is 49.7 Å². The van der Waals surface area contributed by atoms with Crippen molar-refractivity contribution in [3.63, 3.8) is 0 Å². The Labute approximate surface area is 342 Å². The standard InChI is InChI=1S/C23H28F3NO4.C22H28FNO4/c1-22(6-8-23(25,26)9-7-22)13-31-19-12-17(24)16(11-15(19)14-4-5-14)20(28)27-10-2-3-18(27)21(29)30;23-18-12-20(28-13-14-5-2-1-3-6-14)16(15-8-9-15)11-17(18)21(25)24-10-4-7-19(24)22(26)27/h11-12,14,18H,2-10,13H2,1H3,(H,29,30);11-12,14-15,19H,1-10,13H2,(H,26,27)/t18-;19-/m00/s1. The summed E-state index contributed by atoms with van der Waals surface area (Å²) in [7, 11) is 0. The summed E-state index contributed by atoms with van der Waals surface area (Å²) in [6.45, 7) is 3.36. The molecule has 2 aliphatic heterocycles. The van der Waals surface area contributed by atoms with Crippen molar-refractivity contribution in [2.45, 2.75) is 146 Å². The summed E-state index contributed by atoms with van der Waals surface area (Å²) in [5, 5.41) is 18.7. The molecule has 0 spiro atoms. The van der Waals surface area contributed by atoms with Crippen molar-refractivity contribution < 1.29 is 56.4 Å². The second-order valence-electron chi connectivity index (χ2n) is 18.0. The van der Waals surface area contributed by atoms with Gasteiger partial charge in [-0.1, -0.05) is 26.2 Å². The topological polar surface area (TPSA) is 134 Å². The van der Waals surface area contributed by atoms with Crippen LogP contribution in [0.5, 0.6) is 11.5 Å². The number of rotatable bonds is 12. The van der Waals surface area contributed by atoms with Crippen molar-refractivity contribution in [3.05, 3.63) is 58.2 Å². The van der Waals surface area contributed by atoms with Crippen LogP contribution in [0.3, 0.4) is 0 Å². The zero-order valence-electron chi connectivity index (χ0n) is 33.8. The van der Waals surface area contributed by atoms with Gasteiger partial charge >= 0.3 is 11.9 Å². The van der Waals surface area contributed by atoms with Crippen LogP contribution in [0.25, 0.3) is 0 Å². The van der Waals surface area contributed by atoms with Gasteiger partial charge in [0.25, 0.3) is 11.8 Å². The number of hydrogen-bond donors (Lipinski definition) is 2. The predicted octanol–water partition coefficient (Wildman–Crippen LogP) is 9.34. The molecule has 6 aliphatic rings. The monoisotopic (exact) mass is 828 g/mol. The molecule has 0 aromatic heterocycles. The SMILES string of the molecule is CC1(COc2cc(F)c(C(=O)N3CCC[C@H]3C(=O)O)cc2C2CC2)CCC(F)(F)CC1.O=C(O)[C@@H]1CCCN1C(=O)c1cc(C2CC2)c(OCC2CCCCC2)cc1F. The van der Waals surface area contributed by atoms with Crippen molar-refractivity contribution in [1.29, 1.82) is 0 Å². The number of benzene rings is 2. The Kier molecular flexibility index (Phi) is 12.8. The fraction of sp³-hybridized carbons (Fsp3) is 0.644. The van der Waals surface area contributed by atoms with Crippen LogP contribution in [0.4, 0.5) is 17.6 Å². The number of aliphatic carboxylic acids is 2. The number of likely N-dealkylation sites (tertiary alicyclic amines) is 2. The van der Waals surface area contributed by atoms with Crippen LogP contribution in [0, 0.1) is 23.0 Å². The van der Waals surface area contributed by atoms with Gasteiger partial charge in [-0.2, -0.15) is 0 Å². The first-order valence-electron chi connectivity index (χ1n) is 21.5. The van der Waals surface area contributed by atoms with E-state index in [1.165, 1.54) is 47.3 Å². The molecule has 2 saturated heterocycles. The van der Waals surface area contributed by atoms with E-state index in [2.05, 4.69) is 0 Å². The van der Waals surface area contributed by atoms with Gasteiger partial charge in [-0.05, 0) is 118 Å². The minimum atomic E-state index is -2.63. The Bertz CT molecular complexity index is 1900. The van der Waals surface area contributed by atoms with Crippen LogP contribution in [0.15, 0.2) is 24.3 Å². The molecular formula is C45H56F4N2O8. The Morgan fingerprint density at radius 3 is 1.54 bits per heavy atom. The van der Waals surface area contributed by atoms with E-state index in [1.807, 2.05) is 6.92 Å². The van der Waals surface area contributed by atoms with Crippen molar-refractivity contribution in [3.8, 4) is 11.5 Å². The molecule has 0 bridgehead atoms. The number of amides is 2. The number of carboxylic acids is 2. The Morgan fingerprint density at radius 1 is 0.644 bits per heavy atom. The summed E-state index contributed by atoms with van der Waals surface area (Å²) in [5.74, 6) is -5.35. The van der Waals surface area contributed by atoms with Crippen LogP contribution in [0.2, 0.25) is 0 Å². The smallest absolute Gasteiger partial charge is 0.326 e. The summed E-state index contributed by atoms with van der Waals surface area (Å²) >= 11 is 0. The molecule has 2 atom stereocenters. The van der Waals surface area contributed by atoms with Gasteiger partial charge in [0.05, 0.1) is 24.3 Å². The normalized spacial score (nSPS) is 23.9. The van der Waals surface area contributed by atoms with E-state index in [-0.39, 0.29) is 43.0 Å². The van der Waals surface area contributed by atoms with E-state index in [9.17, 15) is 47.0 Å². The number of carbonyl (C=O) groups excluding carboxylic acids is 2. The summed E-state index contributed by atoms with van der Waals surface area (Å²) in [5.41, 5.74) is 1.07. The predicted molar refractivity (Wildman–Crippen MR) is 209 cm³/mol. The number of halogens is 4. The van der Waals surface area contributed by atoms with Gasteiger partial charge in [0.1, 0.15) is 35.2 Å². The summed E-state index contributed by atoms with van der Waals surface area (Å²) in [4.78, 5) is 51.1. The van der Waals surface area contributed by atoms with Crippen molar-refractivity contribution in [2.24, 2.45) is 11.3 Å². The zero-order valence-corrected chi connectivity index (χ0v) is 33.8. The van der Waals surface area contributed by atoms with Crippen LogP contribution >= 0.6 is 0 Å². The molecule has 14 heteroatoms. The van der Waals surface area contributed by atoms with E-state index < -0.39 is 58.8 Å². The highest BCUT2D eigenvalue weighted by atomic mass is 19.3. The molecule has 8 rings (SSSR count). The van der Waals surface area contributed by atoms with Crippen molar-refractivity contribution >= 4 is 23.8 Å². The largest absolute Gasteiger partial charge is 0.493 e. The molecule has 6 fully saturated rings. The lowest BCUT2D eigenvalue weighted by atomic mass is 9.75. The molecule has 322 valence electrons. The highest BCUT2D eigenvalue weighted by molar-refractivity contribution is 5.98. The molecule has 2 amide bonds. The highest BCUT2D eigenvalue weighted by Gasteiger charge is 2.42. The minimum Gasteiger partial charge on any atom is -0.493 e. The first-order valence-corrected chi connectivity index (χ1v) is 21.5. The van der Waals surface area contributed by atoms with Crippen molar-refractivity contribution in [2.75, 3.05) is 26.3 Å². The molecule has 4 aliphatic carbocycles. The molecule has 59 heavy (non-hydrogen) atoms. The van der Waals surface area contributed by atoms with Gasteiger partial charge in [0.2, 0.25) is 5.92 Å². The fourth-order valence-corrected chi connectivity index (χ4v) is 9.17. The third kappa shape index (κ3) is 10.2. The number of ether oxygens (including phenoxy) is 2. The van der Waals surface area contributed by atoms with E-state index >= 15 is 0 Å². The van der Waals surface area contributed by atoms with Crippen LogP contribution in [-0.4, -0.2) is 88.1 Å². The molecular weight excluding hydrogens is 772 g/mol. The van der Waals surface area contributed by atoms with Gasteiger partial charge < -0.3 is 29.5 Å². The summed E-state index contributed by atoms with van der Waals surface area (Å²) in [6.07, 6.45) is 12.2. The molecule has 4 saturated carbocycles. The number of carboxylic acid groups (broad SMARTS) is 2. The molecule has 2 aromatic carbocycles. The van der Waals surface area contributed by atoms with E-state index in [0.29, 0.717) is 75.0 Å². The Balaban J connectivity index is 0.000000180. The molecule has 0 radical (unpaired) electrons. The van der Waals surface area contributed by atoms with E-state index in [4.69, 9.17) is 9.47 Å². The average Bonchev–Trinajstić information content (AvgIpc) is 4.14. The third-order valence-corrected chi connectivity index (χ3v) is 13.3. The molecule has 2 aromatic rings. The van der Waals surface area contributed by atoms with Gasteiger partial charge in [-0.25, -0.2) is 27.2 Å². The number of hydrogen-bond acceptors (Lipinski definition) is 6. The van der Waals surface area contributed by atoms with Gasteiger partial charge in [0, 0.05) is 43.5 Å². The number of carbonyl (C=O) groups is 4. The highest BCUT2D eigenvalue weighted by Crippen LogP contribution is 2.48. The van der Waals surface area contributed by atoms with Crippen LogP contribution in [-0.2, 0) is 9.59 Å². The maximum atomic E-state index is 14.9. The minimum absolute atomic E-state index is 0.0277. The first kappa shape index (κ1) is 42.8. The number of nitrogens with zero attached hydrogens (tertiary/aromatic N) is 2. The summed E-state index contributed by atoms with van der Waals surface area (Å²) < 4.78 is 68.7. The van der Waals surface area contributed by atoms with Gasteiger partial charge in [-0.15, -0.1) is 0 Å². The lowest BCUT2D eigenvalue weighted by molar-refractivity contribution is -0.142. The average molecular weight is 829 g/mol. The third-order valence-electron chi connectivity index (χ3n) is 13.3. The number of alkyl halides is 2. The quantitative estimate of drug-likeness (QED) is 0.202. The fourth-order valence-electron chi connectivity index (χ4n) is 9.17. The maximum Gasteiger partial charge on any atom is 0.326 e. The lowest BCUT2D eigenvalue weighted by Crippen LogP contribution is -2.40. The second kappa shape index (κ2) is 17.7. The molecule has 0 unspecified atom stereocenters.